The van der Waals surface area contributed by atoms with Crippen molar-refractivity contribution in [2.75, 3.05) is 6.61 Å². The van der Waals surface area contributed by atoms with Crippen molar-refractivity contribution >= 4 is 5.91 Å². The monoisotopic (exact) mass is 900 g/mol. The van der Waals surface area contributed by atoms with Gasteiger partial charge < -0.3 is 20.6 Å². The van der Waals surface area contributed by atoms with E-state index < -0.39 is 24.2 Å². The Labute approximate surface area is 400 Å². The molecular formula is C59H113NO4. The molecule has 0 rings (SSSR count). The largest absolute Gasteiger partial charge is 0.394 e. The maximum atomic E-state index is 12.5. The Bertz CT molecular complexity index is 993. The first-order valence-corrected chi connectivity index (χ1v) is 28.8. The molecule has 5 heteroatoms. The van der Waals surface area contributed by atoms with Gasteiger partial charge in [-0.15, -0.1) is 0 Å². The lowest BCUT2D eigenvalue weighted by molar-refractivity contribution is -0.131. The highest BCUT2D eigenvalue weighted by Gasteiger charge is 2.22. The number of hydrogen-bond acceptors (Lipinski definition) is 4. The van der Waals surface area contributed by atoms with Gasteiger partial charge in [-0.25, -0.2) is 0 Å². The quantitative estimate of drug-likeness (QED) is 0.0362. The number of allylic oxidation sites excluding steroid dienone is 5. The van der Waals surface area contributed by atoms with Gasteiger partial charge in [0.05, 0.1) is 18.8 Å². The lowest BCUT2D eigenvalue weighted by Crippen LogP contribution is -2.48. The highest BCUT2D eigenvalue weighted by molar-refractivity contribution is 5.80. The molecule has 0 saturated heterocycles. The molecule has 0 spiro atoms. The van der Waals surface area contributed by atoms with Crippen LogP contribution >= 0.6 is 0 Å². The predicted octanol–water partition coefficient (Wildman–Crippen LogP) is 17.8. The van der Waals surface area contributed by atoms with E-state index in [-0.39, 0.29) is 6.61 Å². The second kappa shape index (κ2) is 54.2. The second-order valence-electron chi connectivity index (χ2n) is 19.8. The minimum Gasteiger partial charge on any atom is -0.394 e. The van der Waals surface area contributed by atoms with Crippen molar-refractivity contribution in [1.82, 2.24) is 5.32 Å². The van der Waals surface area contributed by atoms with Crippen molar-refractivity contribution in [3.8, 4) is 0 Å². The van der Waals surface area contributed by atoms with Gasteiger partial charge in [-0.3, -0.25) is 4.79 Å². The third kappa shape index (κ3) is 48.5. The molecule has 3 atom stereocenters. The molecular weight excluding hydrogens is 787 g/mol. The Morgan fingerprint density at radius 2 is 0.641 bits per heavy atom. The zero-order chi connectivity index (χ0) is 46.5. The number of amides is 1. The fourth-order valence-electron chi connectivity index (χ4n) is 8.96. The zero-order valence-electron chi connectivity index (χ0n) is 43.2. The van der Waals surface area contributed by atoms with Crippen LogP contribution in [-0.2, 0) is 4.79 Å². The summed E-state index contributed by atoms with van der Waals surface area (Å²) in [6, 6.07) is -0.814. The van der Waals surface area contributed by atoms with E-state index in [1.807, 2.05) is 6.08 Å². The summed E-state index contributed by atoms with van der Waals surface area (Å²) in [5, 5.41) is 33.3. The van der Waals surface area contributed by atoms with Crippen molar-refractivity contribution in [3.63, 3.8) is 0 Å². The van der Waals surface area contributed by atoms with Crippen LogP contribution < -0.4 is 5.32 Å². The van der Waals surface area contributed by atoms with Gasteiger partial charge in [0.2, 0.25) is 5.91 Å². The van der Waals surface area contributed by atoms with Crippen LogP contribution in [0, 0.1) is 0 Å². The Hall–Kier alpha value is -1.43. The molecule has 0 aliphatic carbocycles. The Morgan fingerprint density at radius 1 is 0.375 bits per heavy atom. The summed E-state index contributed by atoms with van der Waals surface area (Å²) in [4.78, 5) is 12.5. The summed E-state index contributed by atoms with van der Waals surface area (Å²) in [6.45, 7) is 4.20. The Balaban J connectivity index is 3.54. The fraction of sp³-hybridized carbons (Fsp3) is 0.881. The number of aliphatic hydroxyl groups excluding tert-OH is 3. The SMILES string of the molecule is CCCCCCCCCCCCCC/C=C\CCCCCCCCCCCCCCCCCCC(O)C(=O)NC(CO)C(O)/C=C/CC/C=C/CCCCCCCCCCCCCC. The summed E-state index contributed by atoms with van der Waals surface area (Å²) in [5.74, 6) is -0.509. The van der Waals surface area contributed by atoms with Gasteiger partial charge in [0, 0.05) is 0 Å². The standard InChI is InChI=1S/C59H113NO4/c1-3-5-7-9-11-13-15-17-19-21-23-24-25-26-27-28-29-30-31-32-33-34-35-36-38-40-42-44-46-48-50-52-54-58(63)59(64)60-56(55-61)57(62)53-51-49-47-45-43-41-39-37-22-20-18-16-14-12-10-8-6-4-2/h26-27,43,45,51,53,56-58,61-63H,3-25,28-42,44,46-50,52,54-55H2,1-2H3,(H,60,64)/b27-26-,45-43+,53-51+. The van der Waals surface area contributed by atoms with Crippen molar-refractivity contribution in [1.29, 1.82) is 0 Å². The van der Waals surface area contributed by atoms with Crippen LogP contribution in [0.15, 0.2) is 36.5 Å². The van der Waals surface area contributed by atoms with Gasteiger partial charge in [-0.1, -0.05) is 288 Å². The number of carbonyl (C=O) groups excluding carboxylic acids is 1. The van der Waals surface area contributed by atoms with Crippen molar-refractivity contribution in [3.05, 3.63) is 36.5 Å². The summed E-state index contributed by atoms with van der Waals surface area (Å²) in [7, 11) is 0. The van der Waals surface area contributed by atoms with E-state index in [0.717, 1.165) is 38.5 Å². The first-order chi connectivity index (χ1) is 31.6. The van der Waals surface area contributed by atoms with Crippen LogP contribution in [0.5, 0.6) is 0 Å². The number of aliphatic hydroxyl groups is 3. The molecule has 0 heterocycles. The number of nitrogens with one attached hydrogen (secondary N) is 1. The molecule has 378 valence electrons. The third-order valence-corrected chi connectivity index (χ3v) is 13.5. The molecule has 4 N–H and O–H groups in total. The molecule has 0 fully saturated rings. The lowest BCUT2D eigenvalue weighted by atomic mass is 10.0. The van der Waals surface area contributed by atoms with Gasteiger partial charge >= 0.3 is 0 Å². The van der Waals surface area contributed by atoms with E-state index in [0.29, 0.717) is 6.42 Å². The van der Waals surface area contributed by atoms with Crippen molar-refractivity contribution in [2.45, 2.75) is 327 Å². The first-order valence-electron chi connectivity index (χ1n) is 28.8. The summed E-state index contributed by atoms with van der Waals surface area (Å²) >= 11 is 0. The third-order valence-electron chi connectivity index (χ3n) is 13.5. The lowest BCUT2D eigenvalue weighted by Gasteiger charge is -2.21. The molecule has 0 aliphatic heterocycles. The van der Waals surface area contributed by atoms with E-state index >= 15 is 0 Å². The number of unbranched alkanes of at least 4 members (excludes halogenated alkanes) is 41. The maximum absolute atomic E-state index is 12.5. The normalized spacial score (nSPS) is 13.5. The predicted molar refractivity (Wildman–Crippen MR) is 282 cm³/mol. The van der Waals surface area contributed by atoms with Crippen LogP contribution in [0.4, 0.5) is 0 Å². The fourth-order valence-corrected chi connectivity index (χ4v) is 8.96. The van der Waals surface area contributed by atoms with Crippen LogP contribution in [0.2, 0.25) is 0 Å². The second-order valence-corrected chi connectivity index (χ2v) is 19.8. The van der Waals surface area contributed by atoms with E-state index in [1.165, 1.54) is 250 Å². The van der Waals surface area contributed by atoms with Crippen LogP contribution in [0.25, 0.3) is 0 Å². The zero-order valence-corrected chi connectivity index (χ0v) is 43.2. The molecule has 64 heavy (non-hydrogen) atoms. The molecule has 3 unspecified atom stereocenters. The number of carbonyl (C=O) groups is 1. The highest BCUT2D eigenvalue weighted by Crippen LogP contribution is 2.17. The number of rotatable bonds is 53. The Morgan fingerprint density at radius 3 is 0.953 bits per heavy atom. The van der Waals surface area contributed by atoms with Crippen LogP contribution in [-0.4, -0.2) is 46.1 Å². The molecule has 0 aromatic carbocycles. The first kappa shape index (κ1) is 62.6. The van der Waals surface area contributed by atoms with Crippen LogP contribution in [0.1, 0.15) is 309 Å². The Kier molecular flexibility index (Phi) is 53.0. The maximum Gasteiger partial charge on any atom is 0.249 e. The van der Waals surface area contributed by atoms with E-state index in [4.69, 9.17) is 0 Å². The van der Waals surface area contributed by atoms with E-state index in [1.54, 1.807) is 6.08 Å². The van der Waals surface area contributed by atoms with Crippen molar-refractivity contribution in [2.24, 2.45) is 0 Å². The number of hydrogen-bond donors (Lipinski definition) is 4. The minimum atomic E-state index is -1.11. The van der Waals surface area contributed by atoms with Gasteiger partial charge in [0.25, 0.3) is 0 Å². The topological polar surface area (TPSA) is 89.8 Å². The average Bonchev–Trinajstić information content (AvgIpc) is 3.30. The van der Waals surface area contributed by atoms with E-state index in [2.05, 4.69) is 43.5 Å². The van der Waals surface area contributed by atoms with Gasteiger partial charge in [-0.05, 0) is 57.8 Å². The molecule has 1 amide bonds. The molecule has 0 bridgehead atoms. The van der Waals surface area contributed by atoms with Gasteiger partial charge in [0.15, 0.2) is 0 Å². The molecule has 0 aliphatic rings. The molecule has 0 aromatic heterocycles. The summed E-state index contributed by atoms with van der Waals surface area (Å²) in [5.41, 5.74) is 0. The molecule has 0 aromatic rings. The molecule has 5 nitrogen and oxygen atoms in total. The van der Waals surface area contributed by atoms with Gasteiger partial charge in [0.1, 0.15) is 6.10 Å². The van der Waals surface area contributed by atoms with Crippen molar-refractivity contribution < 1.29 is 20.1 Å². The average molecular weight is 901 g/mol. The van der Waals surface area contributed by atoms with Gasteiger partial charge in [-0.2, -0.15) is 0 Å². The van der Waals surface area contributed by atoms with E-state index in [9.17, 15) is 20.1 Å². The minimum absolute atomic E-state index is 0.374. The van der Waals surface area contributed by atoms with Crippen LogP contribution in [0.3, 0.4) is 0 Å². The molecule has 0 radical (unpaired) electrons. The highest BCUT2D eigenvalue weighted by atomic mass is 16.3. The summed E-state index contributed by atoms with van der Waals surface area (Å²) in [6.07, 6.45) is 70.9. The smallest absolute Gasteiger partial charge is 0.249 e. The summed E-state index contributed by atoms with van der Waals surface area (Å²) < 4.78 is 0. The molecule has 0 saturated carbocycles.